The SMILES string of the molecule is CCCCCC(CCC)C(N)O. The second-order valence-corrected chi connectivity index (χ2v) is 3.54. The Bertz CT molecular complexity index is 93.8. The molecule has 0 spiro atoms. The molecule has 0 saturated heterocycles. The molecule has 0 aromatic heterocycles. The lowest BCUT2D eigenvalue weighted by molar-refractivity contribution is 0.101. The van der Waals surface area contributed by atoms with Crippen LogP contribution in [0.2, 0.25) is 0 Å². The highest BCUT2D eigenvalue weighted by atomic mass is 16.3. The van der Waals surface area contributed by atoms with E-state index in [1.165, 1.54) is 19.3 Å². The summed E-state index contributed by atoms with van der Waals surface area (Å²) in [6.45, 7) is 4.32. The molecule has 74 valence electrons. The van der Waals surface area contributed by atoms with Gasteiger partial charge in [-0.3, -0.25) is 0 Å². The van der Waals surface area contributed by atoms with Gasteiger partial charge in [0.05, 0.1) is 0 Å². The predicted octanol–water partition coefficient (Wildman–Crippen LogP) is 2.26. The van der Waals surface area contributed by atoms with Gasteiger partial charge in [0, 0.05) is 0 Å². The lowest BCUT2D eigenvalue weighted by atomic mass is 9.95. The number of rotatable bonds is 7. The van der Waals surface area contributed by atoms with Gasteiger partial charge in [-0.05, 0) is 18.8 Å². The van der Waals surface area contributed by atoms with Crippen molar-refractivity contribution in [3.63, 3.8) is 0 Å². The second kappa shape index (κ2) is 7.56. The Morgan fingerprint density at radius 2 is 1.75 bits per heavy atom. The van der Waals surface area contributed by atoms with Crippen LogP contribution in [0, 0.1) is 5.92 Å². The Morgan fingerprint density at radius 1 is 1.08 bits per heavy atom. The molecular formula is C10H23NO. The number of hydrogen-bond donors (Lipinski definition) is 2. The Balaban J connectivity index is 3.49. The van der Waals surface area contributed by atoms with Crippen molar-refractivity contribution in [3.8, 4) is 0 Å². The molecule has 0 heterocycles. The molecule has 0 bridgehead atoms. The average Bonchev–Trinajstić information content (AvgIpc) is 2.03. The first-order valence-corrected chi connectivity index (χ1v) is 5.16. The molecule has 0 aromatic carbocycles. The van der Waals surface area contributed by atoms with Gasteiger partial charge in [-0.25, -0.2) is 0 Å². The number of hydrogen-bond acceptors (Lipinski definition) is 2. The summed E-state index contributed by atoms with van der Waals surface area (Å²) in [6, 6.07) is 0. The maximum absolute atomic E-state index is 9.22. The van der Waals surface area contributed by atoms with E-state index >= 15 is 0 Å². The van der Waals surface area contributed by atoms with Gasteiger partial charge in [0.2, 0.25) is 0 Å². The quantitative estimate of drug-likeness (QED) is 0.458. The minimum absolute atomic E-state index is 0.321. The number of aliphatic hydroxyl groups is 1. The zero-order valence-electron chi connectivity index (χ0n) is 8.42. The van der Waals surface area contributed by atoms with Gasteiger partial charge in [0.1, 0.15) is 6.23 Å². The van der Waals surface area contributed by atoms with E-state index in [9.17, 15) is 5.11 Å². The van der Waals surface area contributed by atoms with E-state index in [0.717, 1.165) is 19.3 Å². The van der Waals surface area contributed by atoms with Crippen LogP contribution in [0.15, 0.2) is 0 Å². The zero-order chi connectivity index (χ0) is 9.40. The largest absolute Gasteiger partial charge is 0.379 e. The van der Waals surface area contributed by atoms with Gasteiger partial charge >= 0.3 is 0 Å². The molecule has 3 N–H and O–H groups in total. The van der Waals surface area contributed by atoms with Crippen LogP contribution in [-0.4, -0.2) is 11.3 Å². The summed E-state index contributed by atoms with van der Waals surface area (Å²) in [7, 11) is 0. The maximum Gasteiger partial charge on any atom is 0.105 e. The van der Waals surface area contributed by atoms with Crippen molar-refractivity contribution in [2.75, 3.05) is 0 Å². The first-order chi connectivity index (χ1) is 5.72. The third-order valence-corrected chi connectivity index (χ3v) is 2.32. The van der Waals surface area contributed by atoms with Crippen molar-refractivity contribution in [2.45, 2.75) is 58.6 Å². The average molecular weight is 173 g/mol. The Hall–Kier alpha value is -0.0800. The molecule has 0 aliphatic heterocycles. The van der Waals surface area contributed by atoms with Crippen LogP contribution in [0.5, 0.6) is 0 Å². The number of aliphatic hydroxyl groups excluding tert-OH is 1. The standard InChI is InChI=1S/C10H23NO/c1-3-5-6-8-9(7-4-2)10(11)12/h9-10,12H,3-8,11H2,1-2H3. The van der Waals surface area contributed by atoms with Gasteiger partial charge in [-0.15, -0.1) is 0 Å². The molecule has 2 heteroatoms. The molecule has 2 unspecified atom stereocenters. The van der Waals surface area contributed by atoms with E-state index in [0.29, 0.717) is 5.92 Å². The van der Waals surface area contributed by atoms with Crippen molar-refractivity contribution in [1.82, 2.24) is 0 Å². The van der Waals surface area contributed by atoms with Gasteiger partial charge < -0.3 is 10.8 Å². The fourth-order valence-corrected chi connectivity index (χ4v) is 1.51. The van der Waals surface area contributed by atoms with E-state index in [4.69, 9.17) is 5.73 Å². The molecular weight excluding hydrogens is 150 g/mol. The Labute approximate surface area is 76.2 Å². The summed E-state index contributed by atoms with van der Waals surface area (Å²) >= 11 is 0. The molecule has 0 saturated carbocycles. The zero-order valence-corrected chi connectivity index (χ0v) is 8.42. The lowest BCUT2D eigenvalue weighted by Gasteiger charge is -2.18. The van der Waals surface area contributed by atoms with Crippen LogP contribution in [0.25, 0.3) is 0 Å². The summed E-state index contributed by atoms with van der Waals surface area (Å²) in [5, 5.41) is 9.22. The molecule has 2 atom stereocenters. The minimum Gasteiger partial charge on any atom is -0.379 e. The monoisotopic (exact) mass is 173 g/mol. The van der Waals surface area contributed by atoms with Gasteiger partial charge in [0.15, 0.2) is 0 Å². The molecule has 0 amide bonds. The lowest BCUT2D eigenvalue weighted by Crippen LogP contribution is -2.29. The van der Waals surface area contributed by atoms with Gasteiger partial charge in [-0.2, -0.15) is 0 Å². The van der Waals surface area contributed by atoms with Crippen molar-refractivity contribution >= 4 is 0 Å². The highest BCUT2D eigenvalue weighted by Gasteiger charge is 2.13. The van der Waals surface area contributed by atoms with E-state index in [-0.39, 0.29) is 0 Å². The van der Waals surface area contributed by atoms with E-state index in [1.807, 2.05) is 0 Å². The third kappa shape index (κ3) is 5.56. The summed E-state index contributed by atoms with van der Waals surface area (Å²) < 4.78 is 0. The molecule has 0 rings (SSSR count). The van der Waals surface area contributed by atoms with E-state index in [2.05, 4.69) is 13.8 Å². The van der Waals surface area contributed by atoms with E-state index < -0.39 is 6.23 Å². The minimum atomic E-state index is -0.609. The van der Waals surface area contributed by atoms with E-state index in [1.54, 1.807) is 0 Å². The first-order valence-electron chi connectivity index (χ1n) is 5.16. The summed E-state index contributed by atoms with van der Waals surface area (Å²) in [5.41, 5.74) is 5.46. The smallest absolute Gasteiger partial charge is 0.105 e. The number of nitrogens with two attached hydrogens (primary N) is 1. The molecule has 12 heavy (non-hydrogen) atoms. The predicted molar refractivity (Wildman–Crippen MR) is 52.7 cm³/mol. The van der Waals surface area contributed by atoms with Crippen LogP contribution >= 0.6 is 0 Å². The highest BCUT2D eigenvalue weighted by Crippen LogP contribution is 2.17. The van der Waals surface area contributed by atoms with Crippen molar-refractivity contribution in [3.05, 3.63) is 0 Å². The van der Waals surface area contributed by atoms with Crippen LogP contribution in [-0.2, 0) is 0 Å². The molecule has 2 nitrogen and oxygen atoms in total. The van der Waals surface area contributed by atoms with Gasteiger partial charge in [-0.1, -0.05) is 39.5 Å². The second-order valence-electron chi connectivity index (χ2n) is 3.54. The van der Waals surface area contributed by atoms with Crippen LogP contribution in [0.3, 0.4) is 0 Å². The van der Waals surface area contributed by atoms with Crippen molar-refractivity contribution in [2.24, 2.45) is 11.7 Å². The molecule has 0 fully saturated rings. The number of unbranched alkanes of at least 4 members (excludes halogenated alkanes) is 2. The van der Waals surface area contributed by atoms with Crippen molar-refractivity contribution < 1.29 is 5.11 Å². The van der Waals surface area contributed by atoms with Crippen LogP contribution in [0.4, 0.5) is 0 Å². The molecule has 0 aliphatic rings. The summed E-state index contributed by atoms with van der Waals surface area (Å²) in [5.74, 6) is 0.321. The van der Waals surface area contributed by atoms with Crippen molar-refractivity contribution in [1.29, 1.82) is 0 Å². The van der Waals surface area contributed by atoms with Crippen LogP contribution < -0.4 is 5.73 Å². The third-order valence-electron chi connectivity index (χ3n) is 2.32. The van der Waals surface area contributed by atoms with Gasteiger partial charge in [0.25, 0.3) is 0 Å². The Morgan fingerprint density at radius 3 is 2.17 bits per heavy atom. The molecule has 0 aromatic rings. The Kier molecular flexibility index (Phi) is 7.51. The fourth-order valence-electron chi connectivity index (χ4n) is 1.51. The fraction of sp³-hybridized carbons (Fsp3) is 1.00. The first kappa shape index (κ1) is 11.9. The maximum atomic E-state index is 9.22. The molecule has 0 aliphatic carbocycles. The summed E-state index contributed by atoms with van der Waals surface area (Å²) in [4.78, 5) is 0. The topological polar surface area (TPSA) is 46.2 Å². The molecule has 0 radical (unpaired) electrons. The highest BCUT2D eigenvalue weighted by molar-refractivity contribution is 4.63. The normalized spacial score (nSPS) is 16.0. The van der Waals surface area contributed by atoms with Crippen LogP contribution in [0.1, 0.15) is 52.4 Å². The summed E-state index contributed by atoms with van der Waals surface area (Å²) in [6.07, 6.45) is 6.34.